The van der Waals surface area contributed by atoms with Crippen LogP contribution in [-0.2, 0) is 0 Å². The lowest BCUT2D eigenvalue weighted by molar-refractivity contribution is 0.305. The standard InChI is InChI=1S/C10H14BF3NO/c1-2-3-4-5-16-10-6-9(7-15-8-10)11(12,13)14/h6-8H,2-5H2,1H3/q-1. The molecule has 0 spiro atoms. The highest BCUT2D eigenvalue weighted by Gasteiger charge is 2.26. The normalized spacial score (nSPS) is 11.5. The number of unbranched alkanes of at least 4 members (excludes halogenated alkanes) is 2. The van der Waals surface area contributed by atoms with Crippen molar-refractivity contribution in [2.45, 2.75) is 26.2 Å². The van der Waals surface area contributed by atoms with E-state index in [1.54, 1.807) is 0 Å². The molecule has 2 nitrogen and oxygen atoms in total. The lowest BCUT2D eigenvalue weighted by atomic mass is 9.81. The van der Waals surface area contributed by atoms with Crippen molar-refractivity contribution >= 4 is 12.4 Å². The van der Waals surface area contributed by atoms with E-state index in [0.29, 0.717) is 6.61 Å². The maximum atomic E-state index is 12.4. The van der Waals surface area contributed by atoms with Crippen LogP contribution < -0.4 is 10.2 Å². The van der Waals surface area contributed by atoms with E-state index in [0.717, 1.165) is 31.5 Å². The lowest BCUT2D eigenvalue weighted by Gasteiger charge is -2.15. The number of pyridine rings is 1. The summed E-state index contributed by atoms with van der Waals surface area (Å²) in [6.45, 7) is -2.51. The third-order valence-corrected chi connectivity index (χ3v) is 2.13. The highest BCUT2D eigenvalue weighted by Crippen LogP contribution is 2.13. The maximum Gasteiger partial charge on any atom is 0.511 e. The van der Waals surface area contributed by atoms with Crippen molar-refractivity contribution in [3.8, 4) is 5.75 Å². The minimum atomic E-state index is -4.99. The first-order valence-electron chi connectivity index (χ1n) is 5.31. The Bertz CT molecular complexity index is 330. The second-order valence-corrected chi connectivity index (χ2v) is 3.58. The molecule has 0 saturated carbocycles. The summed E-state index contributed by atoms with van der Waals surface area (Å²) in [5.74, 6) is 0.188. The van der Waals surface area contributed by atoms with Crippen molar-refractivity contribution in [1.82, 2.24) is 4.98 Å². The highest BCUT2D eigenvalue weighted by atomic mass is 19.4. The number of hydrogen-bond acceptors (Lipinski definition) is 2. The van der Waals surface area contributed by atoms with Crippen molar-refractivity contribution in [2.24, 2.45) is 0 Å². The number of nitrogens with zero attached hydrogens (tertiary/aromatic N) is 1. The summed E-state index contributed by atoms with van der Waals surface area (Å²) in [5.41, 5.74) is -0.715. The smallest absolute Gasteiger partial charge is 0.492 e. The molecular weight excluding hydrogens is 218 g/mol. The number of aromatic nitrogens is 1. The first-order valence-corrected chi connectivity index (χ1v) is 5.31. The molecular formula is C10H14BF3NO-. The van der Waals surface area contributed by atoms with E-state index < -0.39 is 12.4 Å². The van der Waals surface area contributed by atoms with Crippen LogP contribution in [-0.4, -0.2) is 18.6 Å². The van der Waals surface area contributed by atoms with Crippen LogP contribution in [0.25, 0.3) is 0 Å². The van der Waals surface area contributed by atoms with Gasteiger partial charge < -0.3 is 17.7 Å². The maximum absolute atomic E-state index is 12.4. The zero-order valence-electron chi connectivity index (χ0n) is 9.13. The van der Waals surface area contributed by atoms with Crippen LogP contribution in [0.3, 0.4) is 0 Å². The predicted octanol–water partition coefficient (Wildman–Crippen LogP) is 2.71. The van der Waals surface area contributed by atoms with Gasteiger partial charge in [0.1, 0.15) is 5.75 Å². The van der Waals surface area contributed by atoms with Gasteiger partial charge in [-0.2, -0.15) is 0 Å². The third-order valence-electron chi connectivity index (χ3n) is 2.13. The average Bonchev–Trinajstić information content (AvgIpc) is 2.24. The molecule has 90 valence electrons. The fraction of sp³-hybridized carbons (Fsp3) is 0.500. The predicted molar refractivity (Wildman–Crippen MR) is 58.0 cm³/mol. The van der Waals surface area contributed by atoms with Crippen LogP contribution in [0.15, 0.2) is 18.5 Å². The second-order valence-electron chi connectivity index (χ2n) is 3.58. The molecule has 0 unspecified atom stereocenters. The topological polar surface area (TPSA) is 22.1 Å². The Balaban J connectivity index is 2.54. The van der Waals surface area contributed by atoms with Crippen molar-refractivity contribution in [1.29, 1.82) is 0 Å². The van der Waals surface area contributed by atoms with Crippen LogP contribution >= 0.6 is 0 Å². The van der Waals surface area contributed by atoms with E-state index in [2.05, 4.69) is 4.98 Å². The molecule has 16 heavy (non-hydrogen) atoms. The zero-order chi connectivity index (χ0) is 12.0. The van der Waals surface area contributed by atoms with Gasteiger partial charge in [-0.15, -0.1) is 0 Å². The first-order chi connectivity index (χ1) is 7.54. The Kier molecular flexibility index (Phi) is 4.64. The Morgan fingerprint density at radius 1 is 1.25 bits per heavy atom. The quantitative estimate of drug-likeness (QED) is 0.555. The molecule has 0 amide bonds. The molecule has 0 aliphatic heterocycles. The van der Waals surface area contributed by atoms with Crippen LogP contribution in [0.2, 0.25) is 0 Å². The van der Waals surface area contributed by atoms with Crippen molar-refractivity contribution < 1.29 is 17.7 Å². The minimum Gasteiger partial charge on any atom is -0.492 e. The van der Waals surface area contributed by atoms with Gasteiger partial charge in [0.15, 0.2) is 0 Å². The molecule has 0 fully saturated rings. The Hall–Kier alpha value is -1.20. The van der Waals surface area contributed by atoms with Gasteiger partial charge in [-0.3, -0.25) is 4.98 Å². The van der Waals surface area contributed by atoms with Crippen molar-refractivity contribution in [2.75, 3.05) is 6.61 Å². The fourth-order valence-corrected chi connectivity index (χ4v) is 1.24. The molecule has 0 aliphatic carbocycles. The molecule has 1 heterocycles. The molecule has 0 atom stereocenters. The number of rotatable bonds is 6. The summed E-state index contributed by atoms with van der Waals surface area (Å²) in [4.78, 5) is 3.52. The number of halogens is 3. The molecule has 1 rings (SSSR count). The van der Waals surface area contributed by atoms with Gasteiger partial charge >= 0.3 is 6.98 Å². The van der Waals surface area contributed by atoms with Gasteiger partial charge in [0.2, 0.25) is 0 Å². The largest absolute Gasteiger partial charge is 0.511 e. The molecule has 0 saturated heterocycles. The summed E-state index contributed by atoms with van der Waals surface area (Å²) in [6.07, 6.45) is 5.03. The van der Waals surface area contributed by atoms with E-state index in [1.807, 2.05) is 6.92 Å². The Morgan fingerprint density at radius 3 is 2.62 bits per heavy atom. The first kappa shape index (κ1) is 12.9. The molecule has 1 aromatic rings. The Labute approximate surface area is 92.9 Å². The summed E-state index contributed by atoms with van der Waals surface area (Å²) >= 11 is 0. The average molecular weight is 232 g/mol. The van der Waals surface area contributed by atoms with E-state index in [9.17, 15) is 12.9 Å². The summed E-state index contributed by atoms with van der Waals surface area (Å²) in [7, 11) is 0. The van der Waals surface area contributed by atoms with Crippen LogP contribution in [0.5, 0.6) is 5.75 Å². The van der Waals surface area contributed by atoms with Gasteiger partial charge in [0, 0.05) is 6.20 Å². The van der Waals surface area contributed by atoms with Gasteiger partial charge in [0.25, 0.3) is 0 Å². The molecule has 0 radical (unpaired) electrons. The lowest BCUT2D eigenvalue weighted by Crippen LogP contribution is -2.34. The molecule has 6 heteroatoms. The summed E-state index contributed by atoms with van der Waals surface area (Å²) in [6, 6.07) is 0.999. The summed E-state index contributed by atoms with van der Waals surface area (Å²) < 4.78 is 42.3. The van der Waals surface area contributed by atoms with Crippen LogP contribution in [0, 0.1) is 0 Å². The Morgan fingerprint density at radius 2 is 2.00 bits per heavy atom. The van der Waals surface area contributed by atoms with Crippen LogP contribution in [0.4, 0.5) is 12.9 Å². The van der Waals surface area contributed by atoms with Crippen LogP contribution in [0.1, 0.15) is 26.2 Å². The van der Waals surface area contributed by atoms with Gasteiger partial charge in [-0.1, -0.05) is 25.2 Å². The molecule has 0 bridgehead atoms. The monoisotopic (exact) mass is 232 g/mol. The number of hydrogen-bond donors (Lipinski definition) is 0. The van der Waals surface area contributed by atoms with E-state index in [4.69, 9.17) is 4.74 Å². The van der Waals surface area contributed by atoms with Gasteiger partial charge in [0.05, 0.1) is 12.8 Å². The number of ether oxygens (including phenoxy) is 1. The van der Waals surface area contributed by atoms with Gasteiger partial charge in [-0.05, 0) is 12.5 Å². The third kappa shape index (κ3) is 4.12. The summed E-state index contributed by atoms with van der Waals surface area (Å²) in [5, 5.41) is 0. The molecule has 0 N–H and O–H groups in total. The molecule has 0 aliphatic rings. The molecule has 1 aromatic heterocycles. The zero-order valence-corrected chi connectivity index (χ0v) is 9.13. The fourth-order valence-electron chi connectivity index (χ4n) is 1.24. The van der Waals surface area contributed by atoms with Crippen molar-refractivity contribution in [3.05, 3.63) is 18.5 Å². The SMILES string of the molecule is CCCCCOc1cncc([B-](F)(F)F)c1. The highest BCUT2D eigenvalue weighted by molar-refractivity contribution is 6.73. The van der Waals surface area contributed by atoms with E-state index in [-0.39, 0.29) is 5.75 Å². The minimum absolute atomic E-state index is 0.188. The van der Waals surface area contributed by atoms with Gasteiger partial charge in [-0.25, -0.2) is 0 Å². The molecule has 0 aromatic carbocycles. The van der Waals surface area contributed by atoms with Crippen molar-refractivity contribution in [3.63, 3.8) is 0 Å². The van der Waals surface area contributed by atoms with E-state index >= 15 is 0 Å². The van der Waals surface area contributed by atoms with E-state index in [1.165, 1.54) is 6.20 Å². The second kappa shape index (κ2) is 5.77.